The van der Waals surface area contributed by atoms with Crippen molar-refractivity contribution in [3.8, 4) is 17.0 Å². The minimum absolute atomic E-state index is 0.179. The van der Waals surface area contributed by atoms with E-state index in [0.717, 1.165) is 5.56 Å². The van der Waals surface area contributed by atoms with Gasteiger partial charge in [-0.2, -0.15) is 0 Å². The lowest BCUT2D eigenvalue weighted by atomic mass is 10.1. The Bertz CT molecular complexity index is 1120. The third-order valence-corrected chi connectivity index (χ3v) is 4.47. The zero-order valence-corrected chi connectivity index (χ0v) is 15.8. The number of rotatable bonds is 6. The highest BCUT2D eigenvalue weighted by molar-refractivity contribution is 5.90. The summed E-state index contributed by atoms with van der Waals surface area (Å²) in [7, 11) is 0. The van der Waals surface area contributed by atoms with Crippen LogP contribution in [0.1, 0.15) is 17.9 Å². The normalized spacial score (nSPS) is 10.8. The SMILES string of the molecule is Cc1ccc(-c2cnc(CCC(=O)Nc3ccc(-n4ccnc4)c(F)c3)o2)cc1. The molecule has 2 aromatic heterocycles. The van der Waals surface area contributed by atoms with Gasteiger partial charge in [-0.1, -0.05) is 29.8 Å². The van der Waals surface area contributed by atoms with Crippen LogP contribution in [0.15, 0.2) is 71.8 Å². The molecule has 0 fully saturated rings. The van der Waals surface area contributed by atoms with Crippen LogP contribution in [0.3, 0.4) is 0 Å². The topological polar surface area (TPSA) is 73.0 Å². The molecule has 1 amide bonds. The molecule has 146 valence electrons. The molecule has 4 rings (SSSR count). The second kappa shape index (κ2) is 8.10. The summed E-state index contributed by atoms with van der Waals surface area (Å²) in [6, 6.07) is 12.5. The van der Waals surface area contributed by atoms with Crippen LogP contribution in [-0.4, -0.2) is 20.4 Å². The smallest absolute Gasteiger partial charge is 0.224 e. The van der Waals surface area contributed by atoms with Crippen molar-refractivity contribution in [3.05, 3.63) is 84.7 Å². The maximum atomic E-state index is 14.3. The fourth-order valence-electron chi connectivity index (χ4n) is 2.92. The molecule has 4 aromatic rings. The summed E-state index contributed by atoms with van der Waals surface area (Å²) < 4.78 is 21.6. The van der Waals surface area contributed by atoms with Crippen LogP contribution in [0.2, 0.25) is 0 Å². The van der Waals surface area contributed by atoms with Crippen LogP contribution in [0, 0.1) is 12.7 Å². The molecule has 0 spiro atoms. The van der Waals surface area contributed by atoms with E-state index in [1.165, 1.54) is 18.0 Å². The highest BCUT2D eigenvalue weighted by Crippen LogP contribution is 2.22. The minimum Gasteiger partial charge on any atom is -0.441 e. The Labute approximate surface area is 167 Å². The number of hydrogen-bond acceptors (Lipinski definition) is 4. The van der Waals surface area contributed by atoms with Crippen LogP contribution in [0.25, 0.3) is 17.0 Å². The Hall–Kier alpha value is -3.74. The number of benzene rings is 2. The lowest BCUT2D eigenvalue weighted by molar-refractivity contribution is -0.116. The van der Waals surface area contributed by atoms with Gasteiger partial charge in [0.2, 0.25) is 5.91 Å². The van der Waals surface area contributed by atoms with Gasteiger partial charge in [0.05, 0.1) is 18.2 Å². The molecular formula is C22H19FN4O2. The van der Waals surface area contributed by atoms with E-state index in [-0.39, 0.29) is 12.3 Å². The molecule has 0 saturated carbocycles. The van der Waals surface area contributed by atoms with E-state index < -0.39 is 5.82 Å². The number of aromatic nitrogens is 3. The first-order valence-electron chi connectivity index (χ1n) is 9.18. The Morgan fingerprint density at radius 2 is 2.03 bits per heavy atom. The number of hydrogen-bond donors (Lipinski definition) is 1. The number of imidazole rings is 1. The molecule has 0 aliphatic carbocycles. The Balaban J connectivity index is 1.35. The summed E-state index contributed by atoms with van der Waals surface area (Å²) in [5.74, 6) is 0.459. The van der Waals surface area contributed by atoms with E-state index in [2.05, 4.69) is 15.3 Å². The standard InChI is InChI=1S/C22H19FN4O2/c1-15-2-4-16(5-3-15)20-13-25-22(29-20)9-8-21(28)26-17-6-7-19(18(23)12-17)27-11-10-24-14-27/h2-7,10-14H,8-9H2,1H3,(H,26,28). The van der Waals surface area contributed by atoms with Gasteiger partial charge in [0, 0.05) is 36.5 Å². The summed E-state index contributed by atoms with van der Waals surface area (Å²) in [5.41, 5.74) is 2.86. The molecule has 0 aliphatic rings. The molecule has 2 aromatic carbocycles. The van der Waals surface area contributed by atoms with Gasteiger partial charge in [-0.3, -0.25) is 4.79 Å². The Kier molecular flexibility index (Phi) is 5.20. The fraction of sp³-hybridized carbons (Fsp3) is 0.136. The van der Waals surface area contributed by atoms with E-state index in [1.54, 1.807) is 35.3 Å². The van der Waals surface area contributed by atoms with Gasteiger partial charge < -0.3 is 14.3 Å². The molecule has 0 unspecified atom stereocenters. The molecular weight excluding hydrogens is 371 g/mol. The third-order valence-electron chi connectivity index (χ3n) is 4.47. The second-order valence-corrected chi connectivity index (χ2v) is 6.67. The van der Waals surface area contributed by atoms with Crippen LogP contribution >= 0.6 is 0 Å². The van der Waals surface area contributed by atoms with Gasteiger partial charge in [-0.25, -0.2) is 14.4 Å². The zero-order valence-electron chi connectivity index (χ0n) is 15.8. The van der Waals surface area contributed by atoms with Crippen molar-refractivity contribution in [2.75, 3.05) is 5.32 Å². The highest BCUT2D eigenvalue weighted by Gasteiger charge is 2.11. The summed E-state index contributed by atoms with van der Waals surface area (Å²) >= 11 is 0. The predicted octanol–water partition coefficient (Wildman–Crippen LogP) is 4.55. The monoisotopic (exact) mass is 390 g/mol. The lowest BCUT2D eigenvalue weighted by Crippen LogP contribution is -2.12. The maximum absolute atomic E-state index is 14.3. The Morgan fingerprint density at radius 3 is 2.76 bits per heavy atom. The van der Waals surface area contributed by atoms with Gasteiger partial charge >= 0.3 is 0 Å². The number of anilines is 1. The first-order chi connectivity index (χ1) is 14.1. The lowest BCUT2D eigenvalue weighted by Gasteiger charge is -2.08. The summed E-state index contributed by atoms with van der Waals surface area (Å²) in [4.78, 5) is 20.3. The largest absolute Gasteiger partial charge is 0.441 e. The highest BCUT2D eigenvalue weighted by atomic mass is 19.1. The number of oxazole rings is 1. The summed E-state index contributed by atoms with van der Waals surface area (Å²) in [6.45, 7) is 2.02. The number of amides is 1. The zero-order chi connectivity index (χ0) is 20.2. The van der Waals surface area contributed by atoms with Crippen LogP contribution < -0.4 is 5.32 Å². The van der Waals surface area contributed by atoms with Crippen LogP contribution in [0.4, 0.5) is 10.1 Å². The van der Waals surface area contributed by atoms with E-state index in [4.69, 9.17) is 4.42 Å². The summed E-state index contributed by atoms with van der Waals surface area (Å²) in [5, 5.41) is 2.70. The van der Waals surface area contributed by atoms with Crippen LogP contribution in [-0.2, 0) is 11.2 Å². The molecule has 2 heterocycles. The third kappa shape index (κ3) is 4.40. The molecule has 7 heteroatoms. The van der Waals surface area contributed by atoms with Crippen molar-refractivity contribution >= 4 is 11.6 Å². The predicted molar refractivity (Wildman–Crippen MR) is 107 cm³/mol. The van der Waals surface area contributed by atoms with Crippen molar-refractivity contribution in [1.82, 2.24) is 14.5 Å². The molecule has 0 aliphatic heterocycles. The molecule has 0 atom stereocenters. The first-order valence-corrected chi connectivity index (χ1v) is 9.18. The minimum atomic E-state index is -0.448. The first kappa shape index (κ1) is 18.6. The van der Waals surface area contributed by atoms with Gasteiger partial charge in [0.25, 0.3) is 0 Å². The number of nitrogens with one attached hydrogen (secondary N) is 1. The molecule has 29 heavy (non-hydrogen) atoms. The van der Waals surface area contributed by atoms with Crippen LogP contribution in [0.5, 0.6) is 0 Å². The van der Waals surface area contributed by atoms with Crippen molar-refractivity contribution in [3.63, 3.8) is 0 Å². The van der Waals surface area contributed by atoms with Gasteiger partial charge in [-0.15, -0.1) is 0 Å². The number of carbonyl (C=O) groups excluding carboxylic acids is 1. The quantitative estimate of drug-likeness (QED) is 0.524. The molecule has 0 saturated heterocycles. The van der Waals surface area contributed by atoms with Crippen molar-refractivity contribution in [2.24, 2.45) is 0 Å². The van der Waals surface area contributed by atoms with Gasteiger partial charge in [0.15, 0.2) is 11.7 Å². The number of carbonyl (C=O) groups is 1. The van der Waals surface area contributed by atoms with Crippen molar-refractivity contribution in [1.29, 1.82) is 0 Å². The molecule has 0 radical (unpaired) electrons. The second-order valence-electron chi connectivity index (χ2n) is 6.67. The van der Waals surface area contributed by atoms with E-state index in [9.17, 15) is 9.18 Å². The molecule has 0 bridgehead atoms. The van der Waals surface area contributed by atoms with E-state index >= 15 is 0 Å². The molecule has 6 nitrogen and oxygen atoms in total. The van der Waals surface area contributed by atoms with Gasteiger partial charge in [-0.05, 0) is 25.1 Å². The molecule has 1 N–H and O–H groups in total. The van der Waals surface area contributed by atoms with Crippen molar-refractivity contribution < 1.29 is 13.6 Å². The summed E-state index contributed by atoms with van der Waals surface area (Å²) in [6.07, 6.45) is 6.92. The average Bonchev–Trinajstić information content (AvgIpc) is 3.39. The number of nitrogens with zero attached hydrogens (tertiary/aromatic N) is 3. The van der Waals surface area contributed by atoms with E-state index in [1.807, 2.05) is 31.2 Å². The number of halogens is 1. The maximum Gasteiger partial charge on any atom is 0.224 e. The fourth-order valence-corrected chi connectivity index (χ4v) is 2.92. The van der Waals surface area contributed by atoms with Gasteiger partial charge in [0.1, 0.15) is 5.82 Å². The number of aryl methyl sites for hydroxylation is 2. The Morgan fingerprint density at radius 1 is 1.21 bits per heavy atom. The van der Waals surface area contributed by atoms with Crippen molar-refractivity contribution in [2.45, 2.75) is 19.8 Å². The average molecular weight is 390 g/mol. The van der Waals surface area contributed by atoms with E-state index in [0.29, 0.717) is 29.4 Å².